The number of rotatable bonds is 2. The fourth-order valence-electron chi connectivity index (χ4n) is 1.33. The first-order chi connectivity index (χ1) is 7.34. The lowest BCUT2D eigenvalue weighted by atomic mass is 10.1. The molecule has 74 valence electrons. The molecule has 2 N–H and O–H groups in total. The molecule has 2 nitrogen and oxygen atoms in total. The third-order valence-electron chi connectivity index (χ3n) is 2.09. The fourth-order valence-corrected chi connectivity index (χ4v) is 1.33. The van der Waals surface area contributed by atoms with E-state index in [0.717, 1.165) is 16.8 Å². The van der Waals surface area contributed by atoms with E-state index in [1.165, 1.54) is 0 Å². The minimum absolute atomic E-state index is 0.784. The molecule has 1 aromatic heterocycles. The van der Waals surface area contributed by atoms with Gasteiger partial charge >= 0.3 is 0 Å². The standard InChI is InChI=1S/C13H12N2/c14-13-3-1-2-12(10-13)5-4-11-6-8-15-9-7-11/h1-10H,14H2. The second-order valence-corrected chi connectivity index (χ2v) is 3.28. The zero-order valence-corrected chi connectivity index (χ0v) is 8.30. The van der Waals surface area contributed by atoms with Crippen LogP contribution in [0.2, 0.25) is 0 Å². The average Bonchev–Trinajstić information content (AvgIpc) is 2.28. The topological polar surface area (TPSA) is 38.9 Å². The normalized spacial score (nSPS) is 10.7. The molecule has 0 unspecified atom stereocenters. The van der Waals surface area contributed by atoms with Crippen molar-refractivity contribution in [3.8, 4) is 0 Å². The zero-order valence-electron chi connectivity index (χ0n) is 8.30. The third kappa shape index (κ3) is 2.68. The molecule has 0 saturated heterocycles. The Morgan fingerprint density at radius 1 is 0.933 bits per heavy atom. The van der Waals surface area contributed by atoms with Crippen molar-refractivity contribution >= 4 is 17.8 Å². The highest BCUT2D eigenvalue weighted by Crippen LogP contribution is 2.10. The molecule has 2 heteroatoms. The maximum atomic E-state index is 5.68. The molecule has 0 atom stereocenters. The fraction of sp³-hybridized carbons (Fsp3) is 0. The van der Waals surface area contributed by atoms with E-state index in [1.54, 1.807) is 12.4 Å². The molecule has 0 aliphatic rings. The molecular formula is C13H12N2. The van der Waals surface area contributed by atoms with Gasteiger partial charge in [0.05, 0.1) is 0 Å². The van der Waals surface area contributed by atoms with Crippen molar-refractivity contribution in [2.45, 2.75) is 0 Å². The number of pyridine rings is 1. The van der Waals surface area contributed by atoms with Crippen molar-refractivity contribution in [1.29, 1.82) is 0 Å². The summed E-state index contributed by atoms with van der Waals surface area (Å²) in [5, 5.41) is 0. The largest absolute Gasteiger partial charge is 0.399 e. The van der Waals surface area contributed by atoms with Gasteiger partial charge in [0.2, 0.25) is 0 Å². The summed E-state index contributed by atoms with van der Waals surface area (Å²) in [6, 6.07) is 11.7. The molecule has 2 rings (SSSR count). The molecule has 0 spiro atoms. The number of hydrogen-bond acceptors (Lipinski definition) is 2. The van der Waals surface area contributed by atoms with Gasteiger partial charge in [-0.05, 0) is 35.4 Å². The molecule has 0 aliphatic carbocycles. The van der Waals surface area contributed by atoms with Crippen LogP contribution in [0.25, 0.3) is 12.2 Å². The number of hydrogen-bond donors (Lipinski definition) is 1. The maximum absolute atomic E-state index is 5.68. The van der Waals surface area contributed by atoms with Gasteiger partial charge in [-0.1, -0.05) is 24.3 Å². The number of nitrogens with zero attached hydrogens (tertiary/aromatic N) is 1. The Labute approximate surface area is 89.1 Å². The minimum Gasteiger partial charge on any atom is -0.399 e. The van der Waals surface area contributed by atoms with Gasteiger partial charge in [0, 0.05) is 18.1 Å². The third-order valence-corrected chi connectivity index (χ3v) is 2.09. The van der Waals surface area contributed by atoms with Crippen LogP contribution < -0.4 is 5.73 Å². The SMILES string of the molecule is Nc1cccc(C=Cc2ccncc2)c1. The maximum Gasteiger partial charge on any atom is 0.0319 e. The number of nitrogens with two attached hydrogens (primary N) is 1. The molecule has 2 aromatic rings. The van der Waals surface area contributed by atoms with E-state index in [4.69, 9.17) is 5.73 Å². The highest BCUT2D eigenvalue weighted by Gasteiger charge is 1.88. The predicted molar refractivity (Wildman–Crippen MR) is 64.0 cm³/mol. The van der Waals surface area contributed by atoms with Gasteiger partial charge in [0.15, 0.2) is 0 Å². The molecular weight excluding hydrogens is 184 g/mol. The molecule has 0 aliphatic heterocycles. The Kier molecular flexibility index (Phi) is 2.79. The van der Waals surface area contributed by atoms with Crippen LogP contribution in [0, 0.1) is 0 Å². The Bertz CT molecular complexity index is 461. The van der Waals surface area contributed by atoms with E-state index in [9.17, 15) is 0 Å². The molecule has 0 saturated carbocycles. The van der Waals surface area contributed by atoms with Crippen LogP contribution >= 0.6 is 0 Å². The lowest BCUT2D eigenvalue weighted by Crippen LogP contribution is -1.83. The quantitative estimate of drug-likeness (QED) is 0.750. The Hall–Kier alpha value is -2.09. The average molecular weight is 196 g/mol. The molecule has 0 fully saturated rings. The first-order valence-electron chi connectivity index (χ1n) is 4.78. The van der Waals surface area contributed by atoms with Gasteiger partial charge in [-0.15, -0.1) is 0 Å². The van der Waals surface area contributed by atoms with Crippen LogP contribution in [-0.4, -0.2) is 4.98 Å². The second kappa shape index (κ2) is 4.42. The highest BCUT2D eigenvalue weighted by molar-refractivity contribution is 5.70. The summed E-state index contributed by atoms with van der Waals surface area (Å²) in [4.78, 5) is 3.96. The van der Waals surface area contributed by atoms with Crippen LogP contribution in [0.5, 0.6) is 0 Å². The first-order valence-corrected chi connectivity index (χ1v) is 4.78. The number of nitrogen functional groups attached to an aromatic ring is 1. The van der Waals surface area contributed by atoms with Gasteiger partial charge in [-0.2, -0.15) is 0 Å². The minimum atomic E-state index is 0.784. The molecule has 1 heterocycles. The first kappa shape index (κ1) is 9.46. The Morgan fingerprint density at radius 3 is 2.40 bits per heavy atom. The second-order valence-electron chi connectivity index (χ2n) is 3.28. The van der Waals surface area contributed by atoms with E-state index >= 15 is 0 Å². The van der Waals surface area contributed by atoms with Crippen LogP contribution in [0.3, 0.4) is 0 Å². The smallest absolute Gasteiger partial charge is 0.0319 e. The summed E-state index contributed by atoms with van der Waals surface area (Å²) in [5.74, 6) is 0. The van der Waals surface area contributed by atoms with Crippen molar-refractivity contribution in [1.82, 2.24) is 4.98 Å². The van der Waals surface area contributed by atoms with Crippen LogP contribution in [-0.2, 0) is 0 Å². The lowest BCUT2D eigenvalue weighted by molar-refractivity contribution is 1.32. The summed E-state index contributed by atoms with van der Waals surface area (Å²) in [6.07, 6.45) is 7.63. The van der Waals surface area contributed by atoms with Crippen LogP contribution in [0.4, 0.5) is 5.69 Å². The zero-order chi connectivity index (χ0) is 10.5. The Balaban J connectivity index is 2.19. The number of aromatic nitrogens is 1. The molecule has 0 bridgehead atoms. The molecule has 0 amide bonds. The van der Waals surface area contributed by atoms with Gasteiger partial charge in [0.1, 0.15) is 0 Å². The van der Waals surface area contributed by atoms with Crippen molar-refractivity contribution in [3.05, 3.63) is 59.9 Å². The van der Waals surface area contributed by atoms with E-state index < -0.39 is 0 Å². The number of benzene rings is 1. The number of anilines is 1. The summed E-state index contributed by atoms with van der Waals surface area (Å²) >= 11 is 0. The van der Waals surface area contributed by atoms with E-state index in [2.05, 4.69) is 4.98 Å². The van der Waals surface area contributed by atoms with E-state index in [1.807, 2.05) is 48.6 Å². The molecule has 15 heavy (non-hydrogen) atoms. The van der Waals surface area contributed by atoms with Gasteiger partial charge in [0.25, 0.3) is 0 Å². The van der Waals surface area contributed by atoms with Gasteiger partial charge in [-0.25, -0.2) is 0 Å². The summed E-state index contributed by atoms with van der Waals surface area (Å²) in [5.41, 5.74) is 8.70. The van der Waals surface area contributed by atoms with Crippen LogP contribution in [0.1, 0.15) is 11.1 Å². The molecule has 1 aromatic carbocycles. The van der Waals surface area contributed by atoms with Crippen molar-refractivity contribution in [2.75, 3.05) is 5.73 Å². The van der Waals surface area contributed by atoms with E-state index in [-0.39, 0.29) is 0 Å². The van der Waals surface area contributed by atoms with Crippen molar-refractivity contribution < 1.29 is 0 Å². The van der Waals surface area contributed by atoms with E-state index in [0.29, 0.717) is 0 Å². The lowest BCUT2D eigenvalue weighted by Gasteiger charge is -1.95. The van der Waals surface area contributed by atoms with Gasteiger partial charge in [-0.3, -0.25) is 4.98 Å². The summed E-state index contributed by atoms with van der Waals surface area (Å²) < 4.78 is 0. The monoisotopic (exact) mass is 196 g/mol. The highest BCUT2D eigenvalue weighted by atomic mass is 14.6. The van der Waals surface area contributed by atoms with Gasteiger partial charge < -0.3 is 5.73 Å². The molecule has 0 radical (unpaired) electrons. The summed E-state index contributed by atoms with van der Waals surface area (Å²) in [7, 11) is 0. The van der Waals surface area contributed by atoms with Crippen molar-refractivity contribution in [3.63, 3.8) is 0 Å². The van der Waals surface area contributed by atoms with Crippen LogP contribution in [0.15, 0.2) is 48.8 Å². The Morgan fingerprint density at radius 2 is 1.67 bits per heavy atom. The predicted octanol–water partition coefficient (Wildman–Crippen LogP) is 2.83. The van der Waals surface area contributed by atoms with Crippen molar-refractivity contribution in [2.24, 2.45) is 0 Å². The summed E-state index contributed by atoms with van der Waals surface area (Å²) in [6.45, 7) is 0.